The van der Waals surface area contributed by atoms with Gasteiger partial charge in [0.2, 0.25) is 5.88 Å². The zero-order valence-electron chi connectivity index (χ0n) is 9.88. The third kappa shape index (κ3) is 2.87. The molecule has 7 heteroatoms. The zero-order chi connectivity index (χ0) is 14.0. The van der Waals surface area contributed by atoms with Crippen molar-refractivity contribution in [2.75, 3.05) is 0 Å². The number of carboxylic acids is 1. The van der Waals surface area contributed by atoms with Crippen LogP contribution in [0.5, 0.6) is 5.88 Å². The number of aromatic nitrogens is 2. The van der Waals surface area contributed by atoms with E-state index in [4.69, 9.17) is 5.11 Å². The van der Waals surface area contributed by atoms with Gasteiger partial charge in [-0.25, -0.2) is 9.48 Å². The Kier molecular flexibility index (Phi) is 3.46. The molecule has 0 amide bonds. The van der Waals surface area contributed by atoms with E-state index >= 15 is 0 Å². The number of hydrogen-bond donors (Lipinski definition) is 1. The quantitative estimate of drug-likeness (QED) is 0.925. The predicted molar refractivity (Wildman–Crippen MR) is 61.9 cm³/mol. The second-order valence-electron chi connectivity index (χ2n) is 3.80. The van der Waals surface area contributed by atoms with Gasteiger partial charge in [-0.15, -0.1) is 0 Å². The van der Waals surface area contributed by atoms with Gasteiger partial charge < -0.3 is 9.84 Å². The van der Waals surface area contributed by atoms with E-state index in [1.165, 1.54) is 0 Å². The number of aryl methyl sites for hydroxylation is 1. The highest BCUT2D eigenvalue weighted by atomic mass is 19.3. The van der Waals surface area contributed by atoms with Gasteiger partial charge in [0.15, 0.2) is 5.69 Å². The van der Waals surface area contributed by atoms with Crippen LogP contribution in [0.1, 0.15) is 16.1 Å². The summed E-state index contributed by atoms with van der Waals surface area (Å²) in [7, 11) is 0. The summed E-state index contributed by atoms with van der Waals surface area (Å²) in [5.41, 5.74) is 1.05. The van der Waals surface area contributed by atoms with Gasteiger partial charge in [-0.3, -0.25) is 0 Å². The van der Waals surface area contributed by atoms with Crippen LogP contribution in [0.25, 0.3) is 5.69 Å². The average molecular weight is 268 g/mol. The molecule has 0 bridgehead atoms. The number of hydrogen-bond acceptors (Lipinski definition) is 3. The van der Waals surface area contributed by atoms with E-state index in [0.29, 0.717) is 5.69 Å². The lowest BCUT2D eigenvalue weighted by molar-refractivity contribution is -0.0544. The summed E-state index contributed by atoms with van der Waals surface area (Å²) in [5.74, 6) is -1.64. The fourth-order valence-corrected chi connectivity index (χ4v) is 1.51. The second-order valence-corrected chi connectivity index (χ2v) is 3.80. The van der Waals surface area contributed by atoms with E-state index in [1.807, 2.05) is 6.92 Å². The Morgan fingerprint density at radius 3 is 2.53 bits per heavy atom. The van der Waals surface area contributed by atoms with Crippen molar-refractivity contribution in [3.8, 4) is 11.6 Å². The molecule has 2 aromatic rings. The molecule has 2 rings (SSSR count). The fraction of sp³-hybridized carbons (Fsp3) is 0.167. The van der Waals surface area contributed by atoms with E-state index in [1.54, 1.807) is 24.3 Å². The number of alkyl halides is 2. The summed E-state index contributed by atoms with van der Waals surface area (Å²) in [4.78, 5) is 10.8. The molecule has 1 aromatic carbocycles. The van der Waals surface area contributed by atoms with Crippen molar-refractivity contribution in [3.05, 3.63) is 41.6 Å². The maximum absolute atomic E-state index is 12.3. The molecule has 1 N–H and O–H groups in total. The minimum Gasteiger partial charge on any atom is -0.476 e. The molecule has 5 nitrogen and oxygen atoms in total. The van der Waals surface area contributed by atoms with Crippen LogP contribution in [0, 0.1) is 6.92 Å². The Bertz CT molecular complexity index is 594. The van der Waals surface area contributed by atoms with Crippen LogP contribution < -0.4 is 4.74 Å². The number of carboxylic acid groups (broad SMARTS) is 1. The molecule has 0 fully saturated rings. The summed E-state index contributed by atoms with van der Waals surface area (Å²) in [6.07, 6.45) is 0. The van der Waals surface area contributed by atoms with Crippen LogP contribution in [-0.2, 0) is 0 Å². The van der Waals surface area contributed by atoms with Crippen molar-refractivity contribution >= 4 is 5.97 Å². The molecule has 0 atom stereocenters. The molecular weight excluding hydrogens is 258 g/mol. The smallest absolute Gasteiger partial charge is 0.388 e. The number of ether oxygens (including phenoxy) is 1. The molecule has 0 aliphatic heterocycles. The molecule has 0 saturated heterocycles. The highest BCUT2D eigenvalue weighted by Gasteiger charge is 2.18. The summed E-state index contributed by atoms with van der Waals surface area (Å²) >= 11 is 0. The minimum absolute atomic E-state index is 0.323. The third-order valence-electron chi connectivity index (χ3n) is 2.38. The van der Waals surface area contributed by atoms with E-state index in [2.05, 4.69) is 9.84 Å². The first-order valence-electron chi connectivity index (χ1n) is 5.32. The molecule has 0 radical (unpaired) electrons. The predicted octanol–water partition coefficient (Wildman–Crippen LogP) is 2.48. The SMILES string of the molecule is Cc1ccc(-n2nc(C(=O)O)cc2OC(F)F)cc1. The van der Waals surface area contributed by atoms with Crippen LogP contribution in [-0.4, -0.2) is 27.5 Å². The normalized spacial score (nSPS) is 10.7. The number of halogens is 2. The van der Waals surface area contributed by atoms with Crippen molar-refractivity contribution in [2.45, 2.75) is 13.5 Å². The molecule has 0 saturated carbocycles. The highest BCUT2D eigenvalue weighted by molar-refractivity contribution is 5.85. The molecule has 0 aliphatic carbocycles. The van der Waals surface area contributed by atoms with Gasteiger partial charge in [0, 0.05) is 6.07 Å². The molecule has 0 aliphatic rings. The van der Waals surface area contributed by atoms with Gasteiger partial charge in [0.25, 0.3) is 0 Å². The highest BCUT2D eigenvalue weighted by Crippen LogP contribution is 2.21. The molecule has 100 valence electrons. The van der Waals surface area contributed by atoms with E-state index in [0.717, 1.165) is 16.3 Å². The molecule has 19 heavy (non-hydrogen) atoms. The standard InChI is InChI=1S/C12H10F2N2O3/c1-7-2-4-8(5-3-7)16-10(19-12(13)14)6-9(15-16)11(17)18/h2-6,12H,1H3,(H,17,18). The minimum atomic E-state index is -3.05. The topological polar surface area (TPSA) is 64.4 Å². The Morgan fingerprint density at radius 1 is 1.37 bits per heavy atom. The first-order valence-corrected chi connectivity index (χ1v) is 5.32. The van der Waals surface area contributed by atoms with Crippen LogP contribution in [0.15, 0.2) is 30.3 Å². The first kappa shape index (κ1) is 13.0. The number of nitrogens with zero attached hydrogens (tertiary/aromatic N) is 2. The van der Waals surface area contributed by atoms with E-state index in [-0.39, 0.29) is 11.6 Å². The van der Waals surface area contributed by atoms with Gasteiger partial charge in [-0.2, -0.15) is 13.9 Å². The first-order chi connectivity index (χ1) is 8.97. The maximum Gasteiger partial charge on any atom is 0.388 e. The Hall–Kier alpha value is -2.44. The fourth-order valence-electron chi connectivity index (χ4n) is 1.51. The molecule has 0 unspecified atom stereocenters. The van der Waals surface area contributed by atoms with E-state index in [9.17, 15) is 13.6 Å². The maximum atomic E-state index is 12.3. The van der Waals surface area contributed by atoms with Crippen LogP contribution in [0.2, 0.25) is 0 Å². The van der Waals surface area contributed by atoms with Crippen LogP contribution >= 0.6 is 0 Å². The third-order valence-corrected chi connectivity index (χ3v) is 2.38. The summed E-state index contributed by atoms with van der Waals surface area (Å²) in [6, 6.07) is 7.72. The van der Waals surface area contributed by atoms with Crippen LogP contribution in [0.3, 0.4) is 0 Å². The lowest BCUT2D eigenvalue weighted by Crippen LogP contribution is -2.07. The summed E-state index contributed by atoms with van der Waals surface area (Å²) in [5, 5.41) is 12.6. The van der Waals surface area contributed by atoms with Crippen LogP contribution in [0.4, 0.5) is 8.78 Å². The zero-order valence-corrected chi connectivity index (χ0v) is 9.88. The van der Waals surface area contributed by atoms with Crippen molar-refractivity contribution in [1.82, 2.24) is 9.78 Å². The van der Waals surface area contributed by atoms with Gasteiger partial charge in [-0.05, 0) is 19.1 Å². The van der Waals surface area contributed by atoms with Gasteiger partial charge in [0.05, 0.1) is 5.69 Å². The second kappa shape index (κ2) is 5.05. The van der Waals surface area contributed by atoms with Gasteiger partial charge in [-0.1, -0.05) is 17.7 Å². The molecule has 0 spiro atoms. The Balaban J connectivity index is 2.47. The Labute approximate surface area is 107 Å². The van der Waals surface area contributed by atoms with Gasteiger partial charge >= 0.3 is 12.6 Å². The van der Waals surface area contributed by atoms with Crippen molar-refractivity contribution < 1.29 is 23.4 Å². The molecule has 1 aromatic heterocycles. The van der Waals surface area contributed by atoms with Crippen molar-refractivity contribution in [1.29, 1.82) is 0 Å². The summed E-state index contributed by atoms with van der Waals surface area (Å²) < 4.78 is 29.8. The largest absolute Gasteiger partial charge is 0.476 e. The number of aromatic carboxylic acids is 1. The lowest BCUT2D eigenvalue weighted by Gasteiger charge is -2.08. The number of rotatable bonds is 4. The summed E-state index contributed by atoms with van der Waals surface area (Å²) in [6.45, 7) is -1.19. The monoisotopic (exact) mass is 268 g/mol. The average Bonchev–Trinajstić information content (AvgIpc) is 2.73. The number of carbonyl (C=O) groups is 1. The van der Waals surface area contributed by atoms with Gasteiger partial charge in [0.1, 0.15) is 0 Å². The molecule has 1 heterocycles. The van der Waals surface area contributed by atoms with Crippen molar-refractivity contribution in [3.63, 3.8) is 0 Å². The Morgan fingerprint density at radius 2 is 2.00 bits per heavy atom. The molecular formula is C12H10F2N2O3. The van der Waals surface area contributed by atoms with E-state index < -0.39 is 12.6 Å². The number of benzene rings is 1. The van der Waals surface area contributed by atoms with Crippen molar-refractivity contribution in [2.24, 2.45) is 0 Å². The lowest BCUT2D eigenvalue weighted by atomic mass is 10.2.